The maximum Gasteiger partial charge on any atom is 0.454 e. The molecule has 0 aromatic rings. The van der Waals surface area contributed by atoms with E-state index in [2.05, 4.69) is 5.32 Å². The highest BCUT2D eigenvalue weighted by atomic mass is 32.1. The summed E-state index contributed by atoms with van der Waals surface area (Å²) in [7, 11) is 1.39. The van der Waals surface area contributed by atoms with Gasteiger partial charge in [-0.15, -0.1) is 0 Å². The number of hydrogen-bond donors (Lipinski definition) is 1. The van der Waals surface area contributed by atoms with E-state index in [1.807, 2.05) is 6.92 Å². The molecule has 0 spiro atoms. The number of methoxy groups -OCH3 is 1. The summed E-state index contributed by atoms with van der Waals surface area (Å²) in [6, 6.07) is -0.378. The van der Waals surface area contributed by atoms with Crippen LogP contribution in [0.1, 0.15) is 19.8 Å². The predicted molar refractivity (Wildman–Crippen MR) is 61.6 cm³/mol. The maximum atomic E-state index is 11.9. The molecule has 3 nitrogen and oxygen atoms in total. The summed E-state index contributed by atoms with van der Waals surface area (Å²) < 4.78 is 40.4. The number of thiocarbonyl (C=S) groups is 1. The number of hydrogen-bond acceptors (Lipinski definition) is 4. The van der Waals surface area contributed by atoms with Crippen molar-refractivity contribution in [3.8, 4) is 0 Å². The van der Waals surface area contributed by atoms with Crippen LogP contribution in [0.25, 0.3) is 0 Å². The first kappa shape index (κ1) is 15.9. The van der Waals surface area contributed by atoms with Crippen molar-refractivity contribution in [3.05, 3.63) is 12.3 Å². The fourth-order valence-corrected chi connectivity index (χ4v) is 1.22. The molecule has 0 fully saturated rings. The van der Waals surface area contributed by atoms with Crippen molar-refractivity contribution in [1.29, 1.82) is 0 Å². The first-order chi connectivity index (χ1) is 7.82. The average molecular weight is 269 g/mol. The number of allylic oxidation sites excluding steroid dienone is 1. The van der Waals surface area contributed by atoms with Gasteiger partial charge in [0.2, 0.25) is 0 Å². The lowest BCUT2D eigenvalue weighted by atomic mass is 10.2. The molecule has 0 radical (unpaired) electrons. The Morgan fingerprint density at radius 2 is 2.12 bits per heavy atom. The summed E-state index contributed by atoms with van der Waals surface area (Å²) in [6.45, 7) is 1.90. The van der Waals surface area contributed by atoms with Gasteiger partial charge in [0.15, 0.2) is 5.05 Å². The van der Waals surface area contributed by atoms with Gasteiger partial charge in [0, 0.05) is 12.3 Å². The van der Waals surface area contributed by atoms with Crippen LogP contribution in [0.4, 0.5) is 13.2 Å². The number of carbonyl (C=O) groups excluding carboxylic acids is 1. The van der Waals surface area contributed by atoms with E-state index >= 15 is 0 Å². The third-order valence-corrected chi connectivity index (χ3v) is 2.33. The Morgan fingerprint density at radius 1 is 1.53 bits per heavy atom. The number of nitrogens with one attached hydrogen (secondary N) is 1. The molecule has 0 rings (SSSR count). The molecule has 0 amide bonds. The van der Waals surface area contributed by atoms with E-state index < -0.39 is 12.0 Å². The summed E-state index contributed by atoms with van der Waals surface area (Å²) in [4.78, 5) is 10.5. The maximum absolute atomic E-state index is 11.9. The van der Waals surface area contributed by atoms with Crippen molar-refractivity contribution >= 4 is 23.1 Å². The highest BCUT2D eigenvalue weighted by molar-refractivity contribution is 7.80. The zero-order valence-corrected chi connectivity index (χ0v) is 10.3. The largest absolute Gasteiger partial charge is 0.488 e. The molecule has 1 atom stereocenters. The Labute approximate surface area is 103 Å². The van der Waals surface area contributed by atoms with Crippen molar-refractivity contribution < 1.29 is 22.7 Å². The molecular formula is C10H14F3NO2S. The number of ketones is 1. The lowest BCUT2D eigenvalue weighted by molar-refractivity contribution is -0.165. The quantitative estimate of drug-likeness (QED) is 0.593. The van der Waals surface area contributed by atoms with Gasteiger partial charge in [-0.05, 0) is 18.6 Å². The van der Waals surface area contributed by atoms with Gasteiger partial charge < -0.3 is 10.1 Å². The summed E-state index contributed by atoms with van der Waals surface area (Å²) in [5, 5.41) is 2.85. The lowest BCUT2D eigenvalue weighted by Crippen LogP contribution is -2.33. The van der Waals surface area contributed by atoms with E-state index in [1.165, 1.54) is 7.11 Å². The van der Waals surface area contributed by atoms with E-state index in [0.29, 0.717) is 12.5 Å². The molecule has 1 unspecified atom stereocenters. The van der Waals surface area contributed by atoms with Gasteiger partial charge in [-0.1, -0.05) is 13.3 Å². The van der Waals surface area contributed by atoms with Crippen LogP contribution in [-0.4, -0.2) is 30.2 Å². The topological polar surface area (TPSA) is 38.3 Å². The first-order valence-electron chi connectivity index (χ1n) is 4.94. The Bertz CT molecular complexity index is 302. The second kappa shape index (κ2) is 7.26. The summed E-state index contributed by atoms with van der Waals surface area (Å²) >= 11 is 4.87. The summed E-state index contributed by atoms with van der Waals surface area (Å²) in [5.74, 6) is -1.91. The van der Waals surface area contributed by atoms with Crippen molar-refractivity contribution in [2.45, 2.75) is 32.0 Å². The highest BCUT2D eigenvalue weighted by Crippen LogP contribution is 2.16. The van der Waals surface area contributed by atoms with Crippen LogP contribution in [0.2, 0.25) is 0 Å². The third kappa shape index (κ3) is 6.25. The van der Waals surface area contributed by atoms with Crippen LogP contribution in [0, 0.1) is 0 Å². The molecule has 0 saturated heterocycles. The molecule has 17 heavy (non-hydrogen) atoms. The molecule has 0 aliphatic carbocycles. The average Bonchev–Trinajstić information content (AvgIpc) is 2.25. The minimum Gasteiger partial charge on any atom is -0.488 e. The van der Waals surface area contributed by atoms with Gasteiger partial charge in [0.05, 0.1) is 13.2 Å². The zero-order chi connectivity index (χ0) is 13.5. The van der Waals surface area contributed by atoms with Crippen molar-refractivity contribution in [2.75, 3.05) is 7.11 Å². The SMILES string of the molecule is CCCC(N/C=C\C(=O)C(F)(F)F)C(=S)OC. The molecule has 0 aliphatic heterocycles. The Morgan fingerprint density at radius 3 is 2.53 bits per heavy atom. The van der Waals surface area contributed by atoms with Gasteiger partial charge in [0.1, 0.15) is 0 Å². The van der Waals surface area contributed by atoms with E-state index in [-0.39, 0.29) is 11.1 Å². The molecule has 0 aromatic heterocycles. The van der Waals surface area contributed by atoms with Gasteiger partial charge in [-0.2, -0.15) is 13.2 Å². The van der Waals surface area contributed by atoms with E-state index in [0.717, 1.165) is 12.6 Å². The van der Waals surface area contributed by atoms with Crippen molar-refractivity contribution in [3.63, 3.8) is 0 Å². The number of rotatable bonds is 6. The van der Waals surface area contributed by atoms with Crippen LogP contribution >= 0.6 is 12.2 Å². The monoisotopic (exact) mass is 269 g/mol. The first-order valence-corrected chi connectivity index (χ1v) is 5.35. The molecule has 1 N–H and O–H groups in total. The lowest BCUT2D eigenvalue weighted by Gasteiger charge is -2.16. The standard InChI is InChI=1S/C10H14F3NO2S/c1-3-4-7(9(17)16-2)14-6-5-8(15)10(11,12)13/h5-7,14H,3-4H2,1-2H3/b6-5-. The second-order valence-corrected chi connectivity index (χ2v) is 3.63. The van der Waals surface area contributed by atoms with E-state index in [9.17, 15) is 18.0 Å². The summed E-state index contributed by atoms with van der Waals surface area (Å²) in [6.07, 6.45) is -2.08. The molecule has 0 aromatic carbocycles. The van der Waals surface area contributed by atoms with Crippen LogP contribution in [0.5, 0.6) is 0 Å². The highest BCUT2D eigenvalue weighted by Gasteiger charge is 2.36. The Hall–Kier alpha value is -1.11. The number of carbonyl (C=O) groups is 1. The van der Waals surface area contributed by atoms with Crippen LogP contribution in [0.15, 0.2) is 12.3 Å². The predicted octanol–water partition coefficient (Wildman–Crippen LogP) is 2.36. The van der Waals surface area contributed by atoms with Crippen LogP contribution in [0.3, 0.4) is 0 Å². The molecule has 0 bridgehead atoms. The van der Waals surface area contributed by atoms with Crippen LogP contribution < -0.4 is 5.32 Å². The van der Waals surface area contributed by atoms with E-state index in [1.54, 1.807) is 0 Å². The molecule has 98 valence electrons. The normalized spacial score (nSPS) is 13.5. The van der Waals surface area contributed by atoms with E-state index in [4.69, 9.17) is 17.0 Å². The minimum absolute atomic E-state index is 0.246. The Kier molecular flexibility index (Phi) is 6.79. The van der Waals surface area contributed by atoms with Gasteiger partial charge in [-0.25, -0.2) is 0 Å². The Balaban J connectivity index is 4.35. The molecule has 0 saturated carbocycles. The summed E-state index contributed by atoms with van der Waals surface area (Å²) in [5.41, 5.74) is 0. The van der Waals surface area contributed by atoms with Crippen molar-refractivity contribution in [1.82, 2.24) is 5.32 Å². The van der Waals surface area contributed by atoms with Gasteiger partial charge >= 0.3 is 6.18 Å². The fourth-order valence-electron chi connectivity index (χ4n) is 1.03. The zero-order valence-electron chi connectivity index (χ0n) is 9.50. The number of alkyl halides is 3. The van der Waals surface area contributed by atoms with Gasteiger partial charge in [0.25, 0.3) is 5.78 Å². The smallest absolute Gasteiger partial charge is 0.454 e. The van der Waals surface area contributed by atoms with Crippen molar-refractivity contribution in [2.24, 2.45) is 0 Å². The molecule has 0 heterocycles. The van der Waals surface area contributed by atoms with Crippen LogP contribution in [-0.2, 0) is 9.53 Å². The molecular weight excluding hydrogens is 255 g/mol. The number of halogens is 3. The molecule has 0 aliphatic rings. The fraction of sp³-hybridized carbons (Fsp3) is 0.600. The second-order valence-electron chi connectivity index (χ2n) is 3.23. The molecule has 7 heteroatoms. The number of ether oxygens (including phenoxy) is 1. The van der Waals surface area contributed by atoms with Gasteiger partial charge in [-0.3, -0.25) is 4.79 Å². The minimum atomic E-state index is -4.85. The third-order valence-electron chi connectivity index (χ3n) is 1.87.